The van der Waals surface area contributed by atoms with Gasteiger partial charge in [-0.3, -0.25) is 14.6 Å². The first-order chi connectivity index (χ1) is 7.20. The molecule has 0 bridgehead atoms. The van der Waals surface area contributed by atoms with E-state index in [1.165, 1.54) is 13.3 Å². The summed E-state index contributed by atoms with van der Waals surface area (Å²) in [5.41, 5.74) is 0.301. The van der Waals surface area contributed by atoms with Crippen LogP contribution in [0.4, 0.5) is 0 Å². The number of carbonyl (C=O) groups excluding carboxylic acids is 2. The lowest BCUT2D eigenvalue weighted by Crippen LogP contribution is -2.25. The Labute approximate surface area is 88.3 Å². The maximum Gasteiger partial charge on any atom is 0.316 e. The molecule has 1 atom stereocenters. The second-order valence-electron chi connectivity index (χ2n) is 3.06. The third-order valence-corrected chi connectivity index (χ3v) is 2.13. The molecule has 0 aliphatic heterocycles. The summed E-state index contributed by atoms with van der Waals surface area (Å²) < 4.78 is 4.56. The van der Waals surface area contributed by atoms with Crippen LogP contribution in [0.1, 0.15) is 23.8 Å². The second kappa shape index (κ2) is 5.24. The van der Waals surface area contributed by atoms with Crippen LogP contribution >= 0.6 is 0 Å². The first-order valence-electron chi connectivity index (χ1n) is 4.73. The predicted octanol–water partition coefficient (Wildman–Crippen LogP) is 1.46. The highest BCUT2D eigenvalue weighted by Crippen LogP contribution is 2.11. The molecule has 0 aromatic carbocycles. The van der Waals surface area contributed by atoms with E-state index in [9.17, 15) is 9.59 Å². The highest BCUT2D eigenvalue weighted by molar-refractivity contribution is 6.07. The number of rotatable bonds is 4. The van der Waals surface area contributed by atoms with E-state index in [0.717, 1.165) is 0 Å². The summed E-state index contributed by atoms with van der Waals surface area (Å²) in [6.07, 6.45) is 1.94. The summed E-state index contributed by atoms with van der Waals surface area (Å²) in [5, 5.41) is 0. The molecule has 0 fully saturated rings. The Kier molecular flexibility index (Phi) is 3.97. The van der Waals surface area contributed by atoms with Crippen molar-refractivity contribution in [3.8, 4) is 0 Å². The number of hydrogen-bond donors (Lipinski definition) is 0. The molecule has 15 heavy (non-hydrogen) atoms. The van der Waals surface area contributed by atoms with Gasteiger partial charge in [0.2, 0.25) is 0 Å². The number of Topliss-reactive ketones (excluding diaryl/α,β-unsaturated/α-hetero) is 1. The summed E-state index contributed by atoms with van der Waals surface area (Å²) in [5.74, 6) is -1.54. The van der Waals surface area contributed by atoms with Crippen molar-refractivity contribution in [2.24, 2.45) is 5.92 Å². The van der Waals surface area contributed by atoms with Gasteiger partial charge in [0.05, 0.1) is 7.11 Å². The Morgan fingerprint density at radius 1 is 1.47 bits per heavy atom. The average Bonchev–Trinajstić information content (AvgIpc) is 2.30. The summed E-state index contributed by atoms with van der Waals surface area (Å²) in [4.78, 5) is 27.0. The van der Waals surface area contributed by atoms with Crippen LogP contribution in [0.5, 0.6) is 0 Å². The standard InChI is InChI=1S/C11H13NO3/c1-3-8(11(14)15-2)10(13)9-6-4-5-7-12-9/h4-8H,3H2,1-2H3. The molecule has 4 nitrogen and oxygen atoms in total. The van der Waals surface area contributed by atoms with Crippen molar-refractivity contribution in [3.05, 3.63) is 30.1 Å². The third kappa shape index (κ3) is 2.62. The first kappa shape index (κ1) is 11.4. The van der Waals surface area contributed by atoms with Gasteiger partial charge in [-0.25, -0.2) is 0 Å². The van der Waals surface area contributed by atoms with E-state index < -0.39 is 11.9 Å². The van der Waals surface area contributed by atoms with Gasteiger partial charge in [-0.2, -0.15) is 0 Å². The van der Waals surface area contributed by atoms with Crippen molar-refractivity contribution in [1.82, 2.24) is 4.98 Å². The molecule has 0 spiro atoms. The molecular weight excluding hydrogens is 194 g/mol. The topological polar surface area (TPSA) is 56.3 Å². The molecule has 1 heterocycles. The Bertz CT molecular complexity index is 348. The van der Waals surface area contributed by atoms with E-state index in [1.54, 1.807) is 25.1 Å². The number of nitrogens with zero attached hydrogens (tertiary/aromatic N) is 1. The number of ketones is 1. The zero-order valence-electron chi connectivity index (χ0n) is 8.77. The van der Waals surface area contributed by atoms with Gasteiger partial charge in [-0.1, -0.05) is 13.0 Å². The van der Waals surface area contributed by atoms with E-state index in [1.807, 2.05) is 0 Å². The van der Waals surface area contributed by atoms with Crippen LogP contribution in [-0.4, -0.2) is 23.8 Å². The van der Waals surface area contributed by atoms with Crippen molar-refractivity contribution in [3.63, 3.8) is 0 Å². The fourth-order valence-electron chi connectivity index (χ4n) is 1.29. The van der Waals surface area contributed by atoms with Gasteiger partial charge in [-0.05, 0) is 18.6 Å². The van der Waals surface area contributed by atoms with E-state index >= 15 is 0 Å². The molecule has 0 saturated heterocycles. The van der Waals surface area contributed by atoms with Crippen LogP contribution in [-0.2, 0) is 9.53 Å². The van der Waals surface area contributed by atoms with Crippen molar-refractivity contribution in [2.75, 3.05) is 7.11 Å². The normalized spacial score (nSPS) is 11.9. The minimum absolute atomic E-state index is 0.287. The quantitative estimate of drug-likeness (QED) is 0.426. The Balaban J connectivity index is 2.87. The van der Waals surface area contributed by atoms with Gasteiger partial charge < -0.3 is 4.74 Å². The number of ether oxygens (including phenoxy) is 1. The first-order valence-corrected chi connectivity index (χ1v) is 4.73. The molecule has 0 aliphatic rings. The summed E-state index contributed by atoms with van der Waals surface area (Å²) in [7, 11) is 1.27. The summed E-state index contributed by atoms with van der Waals surface area (Å²) >= 11 is 0. The van der Waals surface area contributed by atoms with Crippen LogP contribution < -0.4 is 0 Å². The fourth-order valence-corrected chi connectivity index (χ4v) is 1.29. The van der Waals surface area contributed by atoms with Crippen molar-refractivity contribution in [1.29, 1.82) is 0 Å². The number of aromatic nitrogens is 1. The monoisotopic (exact) mass is 207 g/mol. The molecule has 0 aliphatic carbocycles. The van der Waals surface area contributed by atoms with Crippen molar-refractivity contribution in [2.45, 2.75) is 13.3 Å². The van der Waals surface area contributed by atoms with E-state index in [-0.39, 0.29) is 5.78 Å². The molecule has 1 unspecified atom stereocenters. The fraction of sp³-hybridized carbons (Fsp3) is 0.364. The van der Waals surface area contributed by atoms with Gasteiger partial charge in [0.15, 0.2) is 5.78 Å². The lowest BCUT2D eigenvalue weighted by atomic mass is 9.98. The highest BCUT2D eigenvalue weighted by atomic mass is 16.5. The number of pyridine rings is 1. The minimum atomic E-state index is -0.745. The molecule has 0 saturated carbocycles. The molecular formula is C11H13NO3. The molecule has 80 valence electrons. The zero-order valence-corrected chi connectivity index (χ0v) is 8.77. The smallest absolute Gasteiger partial charge is 0.316 e. The van der Waals surface area contributed by atoms with Gasteiger partial charge in [0.25, 0.3) is 0 Å². The van der Waals surface area contributed by atoms with Gasteiger partial charge >= 0.3 is 5.97 Å². The third-order valence-electron chi connectivity index (χ3n) is 2.13. The van der Waals surface area contributed by atoms with Crippen LogP contribution in [0.2, 0.25) is 0 Å². The average molecular weight is 207 g/mol. The van der Waals surface area contributed by atoms with Crippen molar-refractivity contribution >= 4 is 11.8 Å². The van der Waals surface area contributed by atoms with Gasteiger partial charge in [0, 0.05) is 6.20 Å². The largest absolute Gasteiger partial charge is 0.468 e. The summed E-state index contributed by atoms with van der Waals surface area (Å²) in [6.45, 7) is 1.77. The number of methoxy groups -OCH3 is 1. The maximum absolute atomic E-state index is 11.8. The van der Waals surface area contributed by atoms with E-state index in [0.29, 0.717) is 12.1 Å². The summed E-state index contributed by atoms with van der Waals surface area (Å²) in [6, 6.07) is 5.02. The van der Waals surface area contributed by atoms with Crippen LogP contribution in [0.25, 0.3) is 0 Å². The second-order valence-corrected chi connectivity index (χ2v) is 3.06. The minimum Gasteiger partial charge on any atom is -0.468 e. The maximum atomic E-state index is 11.8. The number of hydrogen-bond acceptors (Lipinski definition) is 4. The van der Waals surface area contributed by atoms with E-state index in [2.05, 4.69) is 9.72 Å². The Morgan fingerprint density at radius 2 is 2.20 bits per heavy atom. The van der Waals surface area contributed by atoms with Crippen LogP contribution in [0, 0.1) is 5.92 Å². The van der Waals surface area contributed by atoms with Gasteiger partial charge in [-0.15, -0.1) is 0 Å². The molecule has 0 radical (unpaired) electrons. The number of esters is 1. The molecule has 1 aromatic rings. The zero-order chi connectivity index (χ0) is 11.3. The van der Waals surface area contributed by atoms with Crippen molar-refractivity contribution < 1.29 is 14.3 Å². The number of carbonyl (C=O) groups is 2. The Hall–Kier alpha value is -1.71. The lowest BCUT2D eigenvalue weighted by molar-refractivity contribution is -0.143. The van der Waals surface area contributed by atoms with Crippen LogP contribution in [0.15, 0.2) is 24.4 Å². The predicted molar refractivity (Wildman–Crippen MR) is 54.4 cm³/mol. The molecule has 1 aromatic heterocycles. The molecule has 0 N–H and O–H groups in total. The van der Waals surface area contributed by atoms with E-state index in [4.69, 9.17) is 0 Å². The van der Waals surface area contributed by atoms with Gasteiger partial charge in [0.1, 0.15) is 11.6 Å². The van der Waals surface area contributed by atoms with Crippen LogP contribution in [0.3, 0.4) is 0 Å². The Morgan fingerprint density at radius 3 is 2.67 bits per heavy atom. The molecule has 4 heteroatoms. The SMILES string of the molecule is CCC(C(=O)OC)C(=O)c1ccccn1. The molecule has 1 rings (SSSR count). The molecule has 0 amide bonds. The lowest BCUT2D eigenvalue weighted by Gasteiger charge is -2.09. The highest BCUT2D eigenvalue weighted by Gasteiger charge is 2.27.